The predicted molar refractivity (Wildman–Crippen MR) is 79.9 cm³/mol. The Balaban J connectivity index is 2.32. The number of ketones is 1. The average molecular weight is 333 g/mol. The van der Waals surface area contributed by atoms with E-state index in [4.69, 9.17) is 34.8 Å². The summed E-state index contributed by atoms with van der Waals surface area (Å²) >= 11 is 17.9. The first-order chi connectivity index (χ1) is 9.43. The summed E-state index contributed by atoms with van der Waals surface area (Å²) in [5.74, 6) is -0.219. The maximum absolute atomic E-state index is 12.3. The van der Waals surface area contributed by atoms with Gasteiger partial charge in [0.05, 0.1) is 32.9 Å². The molecule has 0 atom stereocenters. The summed E-state index contributed by atoms with van der Waals surface area (Å²) in [4.78, 5) is 16.3. The Morgan fingerprint density at radius 2 is 2.05 bits per heavy atom. The van der Waals surface area contributed by atoms with E-state index >= 15 is 0 Å². The van der Waals surface area contributed by atoms with Crippen LogP contribution in [-0.4, -0.2) is 20.5 Å². The van der Waals surface area contributed by atoms with Crippen LogP contribution in [0.2, 0.25) is 15.1 Å². The molecular weight excluding hydrogens is 321 g/mol. The number of carbonyl (C=O) groups is 1. The maximum Gasteiger partial charge on any atom is 0.188 e. The molecule has 0 aliphatic rings. The smallest absolute Gasteiger partial charge is 0.188 e. The lowest BCUT2D eigenvalue weighted by molar-refractivity contribution is 0.0986. The normalized spacial score (nSPS) is 10.8. The van der Waals surface area contributed by atoms with Gasteiger partial charge in [0.1, 0.15) is 5.69 Å². The van der Waals surface area contributed by atoms with Gasteiger partial charge in [-0.3, -0.25) is 9.48 Å². The average Bonchev–Trinajstić information content (AvgIpc) is 2.66. The second-order valence-electron chi connectivity index (χ2n) is 4.25. The SMILES string of the molecule is CCn1nc(C)c(Cl)c1CC(=O)c1ncc(Cl)cc1Cl. The van der Waals surface area contributed by atoms with Gasteiger partial charge < -0.3 is 0 Å². The van der Waals surface area contributed by atoms with E-state index in [2.05, 4.69) is 10.1 Å². The second kappa shape index (κ2) is 6.12. The molecule has 2 aromatic heterocycles. The molecule has 0 unspecified atom stereocenters. The Hall–Kier alpha value is -1.10. The number of pyridine rings is 1. The van der Waals surface area contributed by atoms with E-state index in [1.165, 1.54) is 12.3 Å². The maximum atomic E-state index is 12.3. The van der Waals surface area contributed by atoms with Gasteiger partial charge in [-0.15, -0.1) is 0 Å². The molecule has 2 rings (SSSR count). The van der Waals surface area contributed by atoms with Crippen molar-refractivity contribution in [2.45, 2.75) is 26.8 Å². The predicted octanol–water partition coefficient (Wildman–Crippen LogP) is 3.99. The Bertz CT molecular complexity index is 667. The number of carbonyl (C=O) groups excluding carboxylic acids is 1. The molecule has 0 bridgehead atoms. The molecule has 2 heterocycles. The number of nitrogens with zero attached hydrogens (tertiary/aromatic N) is 3. The van der Waals surface area contributed by atoms with Gasteiger partial charge in [-0.05, 0) is 19.9 Å². The first-order valence-corrected chi connectivity index (χ1v) is 7.13. The zero-order valence-electron chi connectivity index (χ0n) is 11.0. The van der Waals surface area contributed by atoms with Crippen LogP contribution in [0.4, 0.5) is 0 Å². The number of hydrogen-bond acceptors (Lipinski definition) is 3. The summed E-state index contributed by atoms with van der Waals surface area (Å²) in [5, 5.41) is 5.40. The van der Waals surface area contributed by atoms with Gasteiger partial charge in [0.25, 0.3) is 0 Å². The van der Waals surface area contributed by atoms with Crippen molar-refractivity contribution in [2.24, 2.45) is 0 Å². The molecule has 0 N–H and O–H groups in total. The number of Topliss-reactive ketones (excluding diaryl/α,β-unsaturated/α-hetero) is 1. The molecule has 7 heteroatoms. The first-order valence-electron chi connectivity index (χ1n) is 6.00. The van der Waals surface area contributed by atoms with Crippen LogP contribution in [0, 0.1) is 6.92 Å². The van der Waals surface area contributed by atoms with Crippen LogP contribution in [0.3, 0.4) is 0 Å². The van der Waals surface area contributed by atoms with Gasteiger partial charge in [-0.25, -0.2) is 4.98 Å². The Labute approximate surface area is 131 Å². The Morgan fingerprint density at radius 3 is 2.65 bits per heavy atom. The van der Waals surface area contributed by atoms with Gasteiger partial charge in [0, 0.05) is 12.7 Å². The fourth-order valence-corrected chi connectivity index (χ4v) is 2.58. The van der Waals surface area contributed by atoms with Gasteiger partial charge >= 0.3 is 0 Å². The van der Waals surface area contributed by atoms with Crippen LogP contribution in [0.1, 0.15) is 28.8 Å². The molecule has 0 fully saturated rings. The molecule has 0 aliphatic carbocycles. The van der Waals surface area contributed by atoms with E-state index in [1.54, 1.807) is 11.6 Å². The summed E-state index contributed by atoms with van der Waals surface area (Å²) in [6.07, 6.45) is 1.49. The molecule has 4 nitrogen and oxygen atoms in total. The highest BCUT2D eigenvalue weighted by Crippen LogP contribution is 2.24. The largest absolute Gasteiger partial charge is 0.292 e. The van der Waals surface area contributed by atoms with Crippen LogP contribution in [0.15, 0.2) is 12.3 Å². The monoisotopic (exact) mass is 331 g/mol. The van der Waals surface area contributed by atoms with Crippen molar-refractivity contribution in [1.29, 1.82) is 0 Å². The zero-order valence-corrected chi connectivity index (χ0v) is 13.2. The van der Waals surface area contributed by atoms with Crippen LogP contribution in [0.25, 0.3) is 0 Å². The van der Waals surface area contributed by atoms with Crippen LogP contribution in [0.5, 0.6) is 0 Å². The van der Waals surface area contributed by atoms with Crippen molar-refractivity contribution in [3.8, 4) is 0 Å². The van der Waals surface area contributed by atoms with E-state index in [-0.39, 0.29) is 22.9 Å². The number of halogens is 3. The first kappa shape index (κ1) is 15.3. The van der Waals surface area contributed by atoms with Crippen molar-refractivity contribution < 1.29 is 4.79 Å². The van der Waals surface area contributed by atoms with Crippen LogP contribution >= 0.6 is 34.8 Å². The van der Waals surface area contributed by atoms with Gasteiger partial charge in [0.15, 0.2) is 5.78 Å². The lowest BCUT2D eigenvalue weighted by Gasteiger charge is -2.06. The minimum absolute atomic E-state index is 0.0991. The summed E-state index contributed by atoms with van der Waals surface area (Å²) < 4.78 is 1.71. The standard InChI is InChI=1S/C13H12Cl3N3O/c1-3-19-10(12(16)7(2)18-19)5-11(20)13-9(15)4-8(14)6-17-13/h4,6H,3,5H2,1-2H3. The van der Waals surface area contributed by atoms with Crippen molar-refractivity contribution in [1.82, 2.24) is 14.8 Å². The summed E-state index contributed by atoms with van der Waals surface area (Å²) in [7, 11) is 0. The topological polar surface area (TPSA) is 47.8 Å². The molecule has 0 aliphatic heterocycles. The molecule has 0 radical (unpaired) electrons. The molecule has 2 aromatic rings. The highest BCUT2D eigenvalue weighted by molar-refractivity contribution is 6.36. The summed E-state index contributed by atoms with van der Waals surface area (Å²) in [6, 6.07) is 1.49. The van der Waals surface area contributed by atoms with E-state index < -0.39 is 0 Å². The zero-order chi connectivity index (χ0) is 14.9. The Kier molecular flexibility index (Phi) is 4.68. The van der Waals surface area contributed by atoms with Crippen molar-refractivity contribution in [3.05, 3.63) is 44.4 Å². The van der Waals surface area contributed by atoms with E-state index in [0.29, 0.717) is 28.0 Å². The molecule has 20 heavy (non-hydrogen) atoms. The Morgan fingerprint density at radius 1 is 1.35 bits per heavy atom. The molecule has 0 saturated carbocycles. The number of rotatable bonds is 4. The van der Waals surface area contributed by atoms with E-state index in [1.807, 2.05) is 6.92 Å². The molecular formula is C13H12Cl3N3O. The highest BCUT2D eigenvalue weighted by Gasteiger charge is 2.19. The third-order valence-corrected chi connectivity index (χ3v) is 3.84. The fourth-order valence-electron chi connectivity index (χ4n) is 1.89. The molecule has 0 aromatic carbocycles. The second-order valence-corrected chi connectivity index (χ2v) is 5.47. The van der Waals surface area contributed by atoms with E-state index in [9.17, 15) is 4.79 Å². The van der Waals surface area contributed by atoms with Crippen molar-refractivity contribution in [2.75, 3.05) is 0 Å². The third-order valence-electron chi connectivity index (χ3n) is 2.85. The van der Waals surface area contributed by atoms with Crippen molar-refractivity contribution >= 4 is 40.6 Å². The third kappa shape index (κ3) is 2.97. The summed E-state index contributed by atoms with van der Waals surface area (Å²) in [6.45, 7) is 4.37. The number of hydrogen-bond donors (Lipinski definition) is 0. The number of aryl methyl sites for hydroxylation is 2. The molecule has 106 valence electrons. The minimum Gasteiger partial charge on any atom is -0.292 e. The number of aromatic nitrogens is 3. The lowest BCUT2D eigenvalue weighted by atomic mass is 10.1. The molecule has 0 spiro atoms. The summed E-state index contributed by atoms with van der Waals surface area (Å²) in [5.41, 5.74) is 1.56. The molecule has 0 saturated heterocycles. The van der Waals surface area contributed by atoms with Crippen molar-refractivity contribution in [3.63, 3.8) is 0 Å². The van der Waals surface area contributed by atoms with Gasteiger partial charge in [-0.1, -0.05) is 34.8 Å². The van der Waals surface area contributed by atoms with Crippen LogP contribution < -0.4 is 0 Å². The quantitative estimate of drug-likeness (QED) is 0.795. The highest BCUT2D eigenvalue weighted by atomic mass is 35.5. The van der Waals surface area contributed by atoms with Gasteiger partial charge in [-0.2, -0.15) is 5.10 Å². The van der Waals surface area contributed by atoms with Gasteiger partial charge in [0.2, 0.25) is 0 Å². The fraction of sp³-hybridized carbons (Fsp3) is 0.308. The lowest BCUT2D eigenvalue weighted by Crippen LogP contribution is -2.12. The minimum atomic E-state index is -0.219. The van der Waals surface area contributed by atoms with Crippen LogP contribution in [-0.2, 0) is 13.0 Å². The van der Waals surface area contributed by atoms with E-state index in [0.717, 1.165) is 0 Å². The molecule has 0 amide bonds.